The second-order valence-electron chi connectivity index (χ2n) is 14.0. The van der Waals surface area contributed by atoms with E-state index in [1.54, 1.807) is 11.9 Å². The summed E-state index contributed by atoms with van der Waals surface area (Å²) in [5.41, 5.74) is -0.666. The predicted molar refractivity (Wildman–Crippen MR) is 157 cm³/mol. The lowest BCUT2D eigenvalue weighted by molar-refractivity contribution is -0.141. The fourth-order valence-corrected chi connectivity index (χ4v) is 7.69. The molecule has 0 aromatic carbocycles. The molecule has 3 aliphatic carbocycles. The van der Waals surface area contributed by atoms with E-state index in [-0.39, 0.29) is 54.2 Å². The Morgan fingerprint density at radius 2 is 1.63 bits per heavy atom. The molecule has 3 amide bonds. The molecule has 1 saturated heterocycles. The zero-order valence-electron chi connectivity index (χ0n) is 25.5. The van der Waals surface area contributed by atoms with Crippen LogP contribution < -0.4 is 21.3 Å². The number of carboxylic acids is 1. The van der Waals surface area contributed by atoms with Gasteiger partial charge in [-0.05, 0) is 89.4 Å². The highest BCUT2D eigenvalue weighted by molar-refractivity contribution is 5.88. The molecule has 10 nitrogen and oxygen atoms in total. The van der Waals surface area contributed by atoms with E-state index >= 15 is 0 Å². The van der Waals surface area contributed by atoms with Gasteiger partial charge in [-0.15, -0.1) is 0 Å². The summed E-state index contributed by atoms with van der Waals surface area (Å²) in [5.74, 6) is 0.212. The quantitative estimate of drug-likeness (QED) is 0.284. The molecule has 0 aromatic heterocycles. The van der Waals surface area contributed by atoms with Crippen molar-refractivity contribution < 1.29 is 24.3 Å². The van der Waals surface area contributed by atoms with Crippen LogP contribution in [0.15, 0.2) is 0 Å². The van der Waals surface area contributed by atoms with E-state index in [2.05, 4.69) is 28.2 Å². The molecule has 4 fully saturated rings. The number of likely N-dealkylation sites (N-methyl/N-ethyl adjacent to an activating group) is 1. The lowest BCUT2D eigenvalue weighted by Gasteiger charge is -2.40. The molecule has 1 heterocycles. The fraction of sp³-hybridized carbons (Fsp3) is 0.871. The van der Waals surface area contributed by atoms with Gasteiger partial charge < -0.3 is 31.3 Å². The molecule has 6 unspecified atom stereocenters. The Bertz CT molecular complexity index is 949. The van der Waals surface area contributed by atoms with Gasteiger partial charge in [-0.2, -0.15) is 0 Å². The summed E-state index contributed by atoms with van der Waals surface area (Å²) >= 11 is 0. The first-order valence-corrected chi connectivity index (χ1v) is 16.0. The second-order valence-corrected chi connectivity index (χ2v) is 14.0. The van der Waals surface area contributed by atoms with E-state index in [0.717, 1.165) is 51.4 Å². The SMILES string of the molecule is CC1CCCCC1NC(=O)NC1CCC(CC(=O)C(C)(C)NC2CCC3CN(C)C(=O)C(CC(=O)O)NC3C2)CC1. The molecule has 41 heavy (non-hydrogen) atoms. The number of carbonyl (C=O) groups is 4. The third-order valence-corrected chi connectivity index (χ3v) is 10.3. The Morgan fingerprint density at radius 1 is 0.951 bits per heavy atom. The minimum atomic E-state index is -0.984. The fourth-order valence-electron chi connectivity index (χ4n) is 7.69. The van der Waals surface area contributed by atoms with Gasteiger partial charge >= 0.3 is 12.0 Å². The average molecular weight is 576 g/mol. The van der Waals surface area contributed by atoms with Crippen molar-refractivity contribution in [2.24, 2.45) is 17.8 Å². The zero-order valence-corrected chi connectivity index (χ0v) is 25.5. The first-order valence-electron chi connectivity index (χ1n) is 16.0. The first-order chi connectivity index (χ1) is 19.4. The number of Topliss-reactive ketones (excluding diaryl/α,β-unsaturated/α-hetero) is 1. The summed E-state index contributed by atoms with van der Waals surface area (Å²) in [6, 6.07) is -0.159. The van der Waals surface area contributed by atoms with Crippen molar-refractivity contribution >= 4 is 23.7 Å². The van der Waals surface area contributed by atoms with Gasteiger partial charge in [-0.25, -0.2) is 4.79 Å². The van der Waals surface area contributed by atoms with Gasteiger partial charge in [0, 0.05) is 44.2 Å². The van der Waals surface area contributed by atoms with E-state index < -0.39 is 17.6 Å². The highest BCUT2D eigenvalue weighted by atomic mass is 16.4. The number of carbonyl (C=O) groups excluding carboxylic acids is 3. The lowest BCUT2D eigenvalue weighted by Crippen LogP contribution is -2.57. The van der Waals surface area contributed by atoms with Crippen LogP contribution >= 0.6 is 0 Å². The van der Waals surface area contributed by atoms with Crippen LogP contribution in [0.4, 0.5) is 4.79 Å². The number of amides is 3. The van der Waals surface area contributed by atoms with Crippen molar-refractivity contribution in [3.63, 3.8) is 0 Å². The highest BCUT2D eigenvalue weighted by Gasteiger charge is 2.41. The van der Waals surface area contributed by atoms with Crippen molar-refractivity contribution in [2.75, 3.05) is 13.6 Å². The van der Waals surface area contributed by atoms with Crippen molar-refractivity contribution in [3.05, 3.63) is 0 Å². The van der Waals surface area contributed by atoms with Crippen molar-refractivity contribution in [2.45, 2.75) is 140 Å². The minimum Gasteiger partial charge on any atom is -0.481 e. The second kappa shape index (κ2) is 13.8. The Kier molecular flexibility index (Phi) is 10.7. The van der Waals surface area contributed by atoms with Gasteiger partial charge in [0.25, 0.3) is 0 Å². The summed E-state index contributed by atoms with van der Waals surface area (Å²) < 4.78 is 0. The maximum absolute atomic E-state index is 13.4. The number of hydrogen-bond acceptors (Lipinski definition) is 6. The summed E-state index contributed by atoms with van der Waals surface area (Å²) in [6.45, 7) is 6.79. The summed E-state index contributed by atoms with van der Waals surface area (Å²) in [5, 5.41) is 22.6. The third-order valence-electron chi connectivity index (χ3n) is 10.3. The van der Waals surface area contributed by atoms with Crippen molar-refractivity contribution in [3.8, 4) is 0 Å². The molecular formula is C31H53N5O5. The molecule has 1 aliphatic heterocycles. The van der Waals surface area contributed by atoms with Crippen molar-refractivity contribution in [1.29, 1.82) is 0 Å². The van der Waals surface area contributed by atoms with Crippen LogP contribution in [0.25, 0.3) is 0 Å². The van der Waals surface area contributed by atoms with E-state index in [1.807, 2.05) is 13.8 Å². The number of hydrogen-bond donors (Lipinski definition) is 5. The van der Waals surface area contributed by atoms with Gasteiger partial charge in [0.2, 0.25) is 5.91 Å². The van der Waals surface area contributed by atoms with Crippen LogP contribution in [0.3, 0.4) is 0 Å². The molecule has 4 aliphatic rings. The molecule has 6 atom stereocenters. The molecule has 0 radical (unpaired) electrons. The molecule has 3 saturated carbocycles. The van der Waals surface area contributed by atoms with E-state index in [1.165, 1.54) is 19.3 Å². The van der Waals surface area contributed by atoms with Crippen LogP contribution in [0.5, 0.6) is 0 Å². The average Bonchev–Trinajstić information content (AvgIpc) is 3.01. The number of urea groups is 1. The Hall–Kier alpha value is -2.20. The monoisotopic (exact) mass is 575 g/mol. The van der Waals surface area contributed by atoms with Crippen LogP contribution in [0.1, 0.15) is 104 Å². The normalized spacial score (nSPS) is 34.7. The summed E-state index contributed by atoms with van der Waals surface area (Å²) in [6.07, 6.45) is 11.3. The Morgan fingerprint density at radius 3 is 2.32 bits per heavy atom. The van der Waals surface area contributed by atoms with E-state index in [9.17, 15) is 24.3 Å². The van der Waals surface area contributed by atoms with Crippen molar-refractivity contribution in [1.82, 2.24) is 26.2 Å². The number of rotatable bonds is 9. The topological polar surface area (TPSA) is 140 Å². The van der Waals surface area contributed by atoms with Gasteiger partial charge in [-0.3, -0.25) is 14.4 Å². The van der Waals surface area contributed by atoms with E-state index in [0.29, 0.717) is 24.8 Å². The van der Waals surface area contributed by atoms with Gasteiger partial charge in [0.15, 0.2) is 5.78 Å². The number of nitrogens with one attached hydrogen (secondary N) is 4. The predicted octanol–water partition coefficient (Wildman–Crippen LogP) is 3.19. The summed E-state index contributed by atoms with van der Waals surface area (Å²) in [4.78, 5) is 51.7. The maximum Gasteiger partial charge on any atom is 0.315 e. The van der Waals surface area contributed by atoms with E-state index in [4.69, 9.17) is 0 Å². The van der Waals surface area contributed by atoms with Gasteiger partial charge in [0.05, 0.1) is 18.0 Å². The van der Waals surface area contributed by atoms with Crippen LogP contribution in [0.2, 0.25) is 0 Å². The maximum atomic E-state index is 13.4. The van der Waals surface area contributed by atoms with Crippen LogP contribution in [-0.2, 0) is 14.4 Å². The lowest BCUT2D eigenvalue weighted by atomic mass is 9.78. The van der Waals surface area contributed by atoms with Gasteiger partial charge in [0.1, 0.15) is 0 Å². The molecule has 5 N–H and O–H groups in total. The molecule has 0 spiro atoms. The third kappa shape index (κ3) is 8.66. The number of aliphatic carboxylic acids is 1. The zero-order chi connectivity index (χ0) is 29.7. The number of carboxylic acid groups (broad SMARTS) is 1. The standard InChI is InChI=1S/C31H53N5O5/c1-19-7-5-6-8-24(19)34-30(41)32-22-12-9-20(10-13-22)15-27(37)31(2,3)35-23-14-11-21-18-36(4)29(40)26(17-28(38)39)33-25(21)16-23/h19-26,33,35H,5-18H2,1-4H3,(H,38,39)(H2,32,34,41). The molecule has 232 valence electrons. The molecule has 0 bridgehead atoms. The first kappa shape index (κ1) is 31.7. The van der Waals surface area contributed by atoms with Gasteiger partial charge in [-0.1, -0.05) is 19.8 Å². The van der Waals surface area contributed by atoms with Crippen LogP contribution in [-0.4, -0.2) is 83.0 Å². The number of fused-ring (bicyclic) bond motifs is 1. The smallest absolute Gasteiger partial charge is 0.315 e. The molecule has 10 heteroatoms. The van der Waals surface area contributed by atoms with Crippen LogP contribution in [0, 0.1) is 17.8 Å². The number of nitrogens with zero attached hydrogens (tertiary/aromatic N) is 1. The molecule has 0 aromatic rings. The Labute approximate surface area is 245 Å². The minimum absolute atomic E-state index is 0.0340. The highest BCUT2D eigenvalue weighted by Crippen LogP contribution is 2.32. The summed E-state index contributed by atoms with van der Waals surface area (Å²) in [7, 11) is 1.75. The molecule has 4 rings (SSSR count). The Balaban J connectivity index is 1.21. The number of ketones is 1. The molecular weight excluding hydrogens is 522 g/mol. The largest absolute Gasteiger partial charge is 0.481 e.